The zero-order chi connectivity index (χ0) is 15.8. The minimum Gasteiger partial charge on any atom is -0.324 e. The highest BCUT2D eigenvalue weighted by atomic mass is 16.1. The Kier molecular flexibility index (Phi) is 6.91. The van der Waals surface area contributed by atoms with E-state index < -0.39 is 0 Å². The van der Waals surface area contributed by atoms with Gasteiger partial charge in [-0.3, -0.25) is 4.79 Å². The number of aryl methyl sites for hydroxylation is 2. The van der Waals surface area contributed by atoms with Crippen molar-refractivity contribution in [1.82, 2.24) is 5.32 Å². The maximum Gasteiger partial charge on any atom is 0.238 e. The van der Waals surface area contributed by atoms with Crippen LogP contribution in [0.15, 0.2) is 18.2 Å². The highest BCUT2D eigenvalue weighted by Crippen LogP contribution is 2.22. The van der Waals surface area contributed by atoms with Crippen LogP contribution in [0.1, 0.15) is 63.5 Å². The van der Waals surface area contributed by atoms with Crippen LogP contribution in [-0.4, -0.2) is 18.5 Å². The van der Waals surface area contributed by atoms with E-state index in [2.05, 4.69) is 42.7 Å². The summed E-state index contributed by atoms with van der Waals surface area (Å²) in [7, 11) is 0. The normalized spacial score (nSPS) is 16.3. The average Bonchev–Trinajstić information content (AvgIpc) is 2.82. The first kappa shape index (κ1) is 17.0. The van der Waals surface area contributed by atoms with E-state index in [9.17, 15) is 4.79 Å². The lowest BCUT2D eigenvalue weighted by molar-refractivity contribution is -0.115. The van der Waals surface area contributed by atoms with E-state index in [1.807, 2.05) is 0 Å². The number of carbonyl (C=O) groups is 1. The Morgan fingerprint density at radius 2 is 1.64 bits per heavy atom. The van der Waals surface area contributed by atoms with Crippen molar-refractivity contribution in [2.24, 2.45) is 0 Å². The summed E-state index contributed by atoms with van der Waals surface area (Å²) >= 11 is 0. The summed E-state index contributed by atoms with van der Waals surface area (Å²) in [6.07, 6.45) is 9.56. The zero-order valence-electron chi connectivity index (χ0n) is 14.1. The van der Waals surface area contributed by atoms with Crippen molar-refractivity contribution in [3.05, 3.63) is 29.3 Å². The Labute approximate surface area is 134 Å². The molecule has 0 saturated heterocycles. The van der Waals surface area contributed by atoms with Gasteiger partial charge in [-0.25, -0.2) is 0 Å². The fraction of sp³-hybridized carbons (Fsp3) is 0.632. The number of carbonyl (C=O) groups excluding carboxylic acids is 1. The van der Waals surface area contributed by atoms with Gasteiger partial charge in [-0.1, -0.05) is 57.7 Å². The van der Waals surface area contributed by atoms with E-state index in [-0.39, 0.29) is 5.91 Å². The molecule has 0 atom stereocenters. The maximum absolute atomic E-state index is 12.3. The standard InChI is InChI=1S/C19H30N2O/c1-3-15-10-9-11-16(4-2)19(15)21-18(22)14-20-17-12-7-5-6-8-13-17/h9-11,17,20H,3-8,12-14H2,1-2H3,(H,21,22). The van der Waals surface area contributed by atoms with Crippen LogP contribution >= 0.6 is 0 Å². The van der Waals surface area contributed by atoms with Crippen molar-refractivity contribution in [3.63, 3.8) is 0 Å². The summed E-state index contributed by atoms with van der Waals surface area (Å²) in [5.74, 6) is 0.0832. The minimum absolute atomic E-state index is 0.0832. The molecule has 1 aliphatic rings. The number of rotatable bonds is 6. The summed E-state index contributed by atoms with van der Waals surface area (Å²) in [6.45, 7) is 4.69. The van der Waals surface area contributed by atoms with Gasteiger partial charge in [-0.2, -0.15) is 0 Å². The summed E-state index contributed by atoms with van der Waals surface area (Å²) in [5.41, 5.74) is 3.48. The van der Waals surface area contributed by atoms with Gasteiger partial charge in [0.2, 0.25) is 5.91 Å². The van der Waals surface area contributed by atoms with E-state index in [1.165, 1.54) is 49.7 Å². The second-order valence-electron chi connectivity index (χ2n) is 6.28. The van der Waals surface area contributed by atoms with Crippen LogP contribution in [0.2, 0.25) is 0 Å². The van der Waals surface area contributed by atoms with Crippen molar-refractivity contribution < 1.29 is 4.79 Å². The largest absolute Gasteiger partial charge is 0.324 e. The lowest BCUT2D eigenvalue weighted by Crippen LogP contribution is -2.36. The highest BCUT2D eigenvalue weighted by Gasteiger charge is 2.14. The van der Waals surface area contributed by atoms with Crippen LogP contribution in [0, 0.1) is 0 Å². The molecule has 1 fully saturated rings. The van der Waals surface area contributed by atoms with Gasteiger partial charge in [0.1, 0.15) is 0 Å². The molecule has 22 heavy (non-hydrogen) atoms. The predicted molar refractivity (Wildman–Crippen MR) is 93.3 cm³/mol. The third kappa shape index (κ3) is 4.84. The van der Waals surface area contributed by atoms with E-state index in [1.54, 1.807) is 0 Å². The summed E-state index contributed by atoms with van der Waals surface area (Å²) < 4.78 is 0. The summed E-state index contributed by atoms with van der Waals surface area (Å²) in [5, 5.41) is 6.58. The lowest BCUT2D eigenvalue weighted by Gasteiger charge is -2.18. The molecule has 0 aliphatic heterocycles. The molecule has 3 nitrogen and oxygen atoms in total. The topological polar surface area (TPSA) is 41.1 Å². The molecule has 2 N–H and O–H groups in total. The van der Waals surface area contributed by atoms with Crippen molar-refractivity contribution in [2.45, 2.75) is 71.3 Å². The van der Waals surface area contributed by atoms with Gasteiger partial charge in [0.15, 0.2) is 0 Å². The van der Waals surface area contributed by atoms with Gasteiger partial charge in [-0.15, -0.1) is 0 Å². The van der Waals surface area contributed by atoms with Gasteiger partial charge in [0.25, 0.3) is 0 Å². The first-order valence-corrected chi connectivity index (χ1v) is 8.88. The Morgan fingerprint density at radius 1 is 1.05 bits per heavy atom. The van der Waals surface area contributed by atoms with Gasteiger partial charge in [0, 0.05) is 11.7 Å². The molecule has 2 rings (SSSR count). The van der Waals surface area contributed by atoms with Gasteiger partial charge in [0.05, 0.1) is 6.54 Å². The molecule has 1 aromatic rings. The summed E-state index contributed by atoms with van der Waals surface area (Å²) in [4.78, 5) is 12.3. The molecule has 1 saturated carbocycles. The fourth-order valence-corrected chi connectivity index (χ4v) is 3.31. The van der Waals surface area contributed by atoms with E-state index >= 15 is 0 Å². The number of nitrogens with one attached hydrogen (secondary N) is 2. The molecule has 1 aromatic carbocycles. The molecule has 0 bridgehead atoms. The van der Waals surface area contributed by atoms with E-state index in [0.29, 0.717) is 12.6 Å². The number of hydrogen-bond donors (Lipinski definition) is 2. The number of amides is 1. The molecule has 0 heterocycles. The van der Waals surface area contributed by atoms with Crippen molar-refractivity contribution in [2.75, 3.05) is 11.9 Å². The highest BCUT2D eigenvalue weighted by molar-refractivity contribution is 5.93. The number of benzene rings is 1. The maximum atomic E-state index is 12.3. The summed E-state index contributed by atoms with van der Waals surface area (Å²) in [6, 6.07) is 6.80. The average molecular weight is 302 g/mol. The SMILES string of the molecule is CCc1cccc(CC)c1NC(=O)CNC1CCCCCC1. The van der Waals surface area contributed by atoms with E-state index in [4.69, 9.17) is 0 Å². The second kappa shape index (κ2) is 8.94. The molecule has 0 radical (unpaired) electrons. The van der Waals surface area contributed by atoms with E-state index in [0.717, 1.165) is 18.5 Å². The van der Waals surface area contributed by atoms with Crippen molar-refractivity contribution in [3.8, 4) is 0 Å². The van der Waals surface area contributed by atoms with Crippen LogP contribution in [0.3, 0.4) is 0 Å². The Hall–Kier alpha value is -1.35. The van der Waals surface area contributed by atoms with Crippen LogP contribution in [0.5, 0.6) is 0 Å². The molecular weight excluding hydrogens is 272 g/mol. The molecule has 0 unspecified atom stereocenters. The van der Waals surface area contributed by atoms with Crippen LogP contribution < -0.4 is 10.6 Å². The quantitative estimate of drug-likeness (QED) is 0.778. The number of para-hydroxylation sites is 1. The minimum atomic E-state index is 0.0832. The Balaban J connectivity index is 1.91. The molecule has 1 amide bonds. The predicted octanol–water partition coefficient (Wildman–Crippen LogP) is 4.06. The van der Waals surface area contributed by atoms with Crippen LogP contribution in [-0.2, 0) is 17.6 Å². The van der Waals surface area contributed by atoms with Crippen molar-refractivity contribution in [1.29, 1.82) is 0 Å². The van der Waals surface area contributed by atoms with Crippen molar-refractivity contribution >= 4 is 11.6 Å². The molecule has 0 spiro atoms. The fourth-order valence-electron chi connectivity index (χ4n) is 3.31. The molecular formula is C19H30N2O. The van der Waals surface area contributed by atoms with Crippen LogP contribution in [0.25, 0.3) is 0 Å². The third-order valence-electron chi connectivity index (χ3n) is 4.67. The smallest absolute Gasteiger partial charge is 0.238 e. The molecule has 0 aromatic heterocycles. The first-order chi connectivity index (χ1) is 10.7. The Morgan fingerprint density at radius 3 is 2.18 bits per heavy atom. The number of anilines is 1. The molecule has 1 aliphatic carbocycles. The van der Waals surface area contributed by atoms with Gasteiger partial charge < -0.3 is 10.6 Å². The molecule has 3 heteroatoms. The second-order valence-corrected chi connectivity index (χ2v) is 6.28. The zero-order valence-corrected chi connectivity index (χ0v) is 14.1. The lowest BCUT2D eigenvalue weighted by atomic mass is 10.0. The molecule has 122 valence electrons. The van der Waals surface area contributed by atoms with Gasteiger partial charge >= 0.3 is 0 Å². The first-order valence-electron chi connectivity index (χ1n) is 8.88. The van der Waals surface area contributed by atoms with Crippen LogP contribution in [0.4, 0.5) is 5.69 Å². The Bertz CT molecular complexity index is 454. The monoisotopic (exact) mass is 302 g/mol. The van der Waals surface area contributed by atoms with Gasteiger partial charge in [-0.05, 0) is 36.8 Å². The number of hydrogen-bond acceptors (Lipinski definition) is 2. The third-order valence-corrected chi connectivity index (χ3v) is 4.67.